The quantitative estimate of drug-likeness (QED) is 0.627. The number of aliphatic hydroxyl groups excluding tert-OH is 2. The average Bonchev–Trinajstić information content (AvgIpc) is 2.85. The maximum atomic E-state index is 12.0. The summed E-state index contributed by atoms with van der Waals surface area (Å²) in [6, 6.07) is 1.18. The minimum absolute atomic E-state index is 0.416. The number of ether oxygens (including phenoxy) is 3. The van der Waals surface area contributed by atoms with E-state index in [9.17, 15) is 19.8 Å². The van der Waals surface area contributed by atoms with Crippen LogP contribution in [0.25, 0.3) is 0 Å². The van der Waals surface area contributed by atoms with Crippen molar-refractivity contribution in [3.63, 3.8) is 0 Å². The first-order valence-corrected chi connectivity index (χ1v) is 7.63. The third-order valence-electron chi connectivity index (χ3n) is 4.06. The molecule has 9 heteroatoms. The minimum Gasteiger partial charge on any atom is -0.394 e. The van der Waals surface area contributed by atoms with Gasteiger partial charge in [-0.05, 0) is 19.3 Å². The Bertz CT molecular complexity index is 637. The molecule has 2 aliphatic heterocycles. The molecule has 0 aliphatic carbocycles. The Labute approximate surface area is 131 Å². The highest BCUT2D eigenvalue weighted by molar-refractivity contribution is 4.94. The SMILES string of the molecule is O=c1ccn([C@@H]2O[C@H](CO)[C@@H](O)[C@H]2OC2CCCCO2)c(=O)[nH]1. The third-order valence-corrected chi connectivity index (χ3v) is 4.06. The van der Waals surface area contributed by atoms with Gasteiger partial charge in [0.15, 0.2) is 12.5 Å². The van der Waals surface area contributed by atoms with Crippen LogP contribution in [0.4, 0.5) is 0 Å². The highest BCUT2D eigenvalue weighted by Crippen LogP contribution is 2.32. The second kappa shape index (κ2) is 6.93. The molecule has 3 N–H and O–H groups in total. The molecular formula is C14H20N2O7. The fourth-order valence-electron chi connectivity index (χ4n) is 2.86. The molecule has 23 heavy (non-hydrogen) atoms. The van der Waals surface area contributed by atoms with Crippen LogP contribution in [-0.4, -0.2) is 57.6 Å². The van der Waals surface area contributed by atoms with Crippen molar-refractivity contribution in [1.29, 1.82) is 0 Å². The van der Waals surface area contributed by atoms with Crippen molar-refractivity contribution in [1.82, 2.24) is 9.55 Å². The van der Waals surface area contributed by atoms with E-state index in [4.69, 9.17) is 14.2 Å². The van der Waals surface area contributed by atoms with E-state index in [1.165, 1.54) is 12.3 Å². The molecule has 5 atom stereocenters. The molecule has 2 fully saturated rings. The Morgan fingerprint density at radius 1 is 1.39 bits per heavy atom. The largest absolute Gasteiger partial charge is 0.394 e. The first-order valence-electron chi connectivity index (χ1n) is 7.63. The van der Waals surface area contributed by atoms with Crippen LogP contribution in [0, 0.1) is 0 Å². The summed E-state index contributed by atoms with van der Waals surface area (Å²) in [7, 11) is 0. The molecule has 1 unspecified atom stereocenters. The second-order valence-electron chi connectivity index (χ2n) is 5.65. The number of H-pyrrole nitrogens is 1. The van der Waals surface area contributed by atoms with Gasteiger partial charge in [-0.1, -0.05) is 0 Å². The molecule has 1 aromatic heterocycles. The van der Waals surface area contributed by atoms with E-state index >= 15 is 0 Å². The molecule has 2 saturated heterocycles. The van der Waals surface area contributed by atoms with Gasteiger partial charge in [0.2, 0.25) is 0 Å². The third kappa shape index (κ3) is 3.38. The molecule has 2 aliphatic rings. The van der Waals surface area contributed by atoms with Gasteiger partial charge in [0.25, 0.3) is 5.56 Å². The topological polar surface area (TPSA) is 123 Å². The van der Waals surface area contributed by atoms with Gasteiger partial charge in [-0.3, -0.25) is 14.3 Å². The van der Waals surface area contributed by atoms with E-state index in [1.54, 1.807) is 0 Å². The summed E-state index contributed by atoms with van der Waals surface area (Å²) in [4.78, 5) is 25.3. The Morgan fingerprint density at radius 3 is 2.87 bits per heavy atom. The first kappa shape index (κ1) is 16.3. The van der Waals surface area contributed by atoms with E-state index < -0.39 is 48.7 Å². The predicted molar refractivity (Wildman–Crippen MR) is 76.8 cm³/mol. The summed E-state index contributed by atoms with van der Waals surface area (Å²) in [5.41, 5.74) is -1.21. The van der Waals surface area contributed by atoms with Crippen LogP contribution in [0.5, 0.6) is 0 Å². The van der Waals surface area contributed by atoms with Crippen LogP contribution in [-0.2, 0) is 14.2 Å². The molecule has 0 bridgehead atoms. The fourth-order valence-corrected chi connectivity index (χ4v) is 2.86. The predicted octanol–water partition coefficient (Wildman–Crippen LogP) is -1.30. The number of nitrogens with zero attached hydrogens (tertiary/aromatic N) is 1. The minimum atomic E-state index is -1.12. The lowest BCUT2D eigenvalue weighted by atomic mass is 10.1. The average molecular weight is 328 g/mol. The zero-order chi connectivity index (χ0) is 16.4. The summed E-state index contributed by atoms with van der Waals surface area (Å²) >= 11 is 0. The van der Waals surface area contributed by atoms with E-state index in [2.05, 4.69) is 4.98 Å². The summed E-state index contributed by atoms with van der Waals surface area (Å²) < 4.78 is 18.0. The van der Waals surface area contributed by atoms with Crippen molar-refractivity contribution in [2.75, 3.05) is 13.2 Å². The molecule has 3 heterocycles. The smallest absolute Gasteiger partial charge is 0.330 e. The summed E-state index contributed by atoms with van der Waals surface area (Å²) in [5.74, 6) is 0. The first-order chi connectivity index (χ1) is 11.1. The van der Waals surface area contributed by atoms with Crippen molar-refractivity contribution >= 4 is 0 Å². The molecular weight excluding hydrogens is 308 g/mol. The Morgan fingerprint density at radius 2 is 2.22 bits per heavy atom. The monoisotopic (exact) mass is 328 g/mol. The van der Waals surface area contributed by atoms with Crippen molar-refractivity contribution in [3.8, 4) is 0 Å². The van der Waals surface area contributed by atoms with Gasteiger partial charge in [0, 0.05) is 18.9 Å². The summed E-state index contributed by atoms with van der Waals surface area (Å²) in [6.45, 7) is 0.155. The molecule has 0 spiro atoms. The molecule has 3 rings (SSSR count). The summed E-state index contributed by atoms with van der Waals surface area (Å²) in [6.07, 6.45) is -0.494. The van der Waals surface area contributed by atoms with Gasteiger partial charge in [-0.25, -0.2) is 4.79 Å². The Balaban J connectivity index is 1.85. The molecule has 0 saturated carbocycles. The lowest BCUT2D eigenvalue weighted by Crippen LogP contribution is -2.42. The number of aromatic nitrogens is 2. The van der Waals surface area contributed by atoms with Gasteiger partial charge in [0.1, 0.15) is 18.3 Å². The zero-order valence-electron chi connectivity index (χ0n) is 12.5. The van der Waals surface area contributed by atoms with Gasteiger partial charge in [-0.15, -0.1) is 0 Å². The molecule has 128 valence electrons. The van der Waals surface area contributed by atoms with Crippen molar-refractivity contribution < 1.29 is 24.4 Å². The summed E-state index contributed by atoms with van der Waals surface area (Å²) in [5, 5.41) is 19.6. The number of hydrogen-bond donors (Lipinski definition) is 3. The lowest BCUT2D eigenvalue weighted by molar-refractivity contribution is -0.215. The fraction of sp³-hybridized carbons (Fsp3) is 0.714. The van der Waals surface area contributed by atoms with Crippen LogP contribution in [0.2, 0.25) is 0 Å². The van der Waals surface area contributed by atoms with Gasteiger partial charge in [-0.2, -0.15) is 0 Å². The molecule has 9 nitrogen and oxygen atoms in total. The van der Waals surface area contributed by atoms with Crippen molar-refractivity contribution in [2.45, 2.75) is 50.1 Å². The number of hydrogen-bond acceptors (Lipinski definition) is 7. The number of aliphatic hydroxyl groups is 2. The highest BCUT2D eigenvalue weighted by Gasteiger charge is 2.47. The van der Waals surface area contributed by atoms with E-state index in [-0.39, 0.29) is 0 Å². The van der Waals surface area contributed by atoms with Crippen LogP contribution < -0.4 is 11.2 Å². The van der Waals surface area contributed by atoms with Crippen LogP contribution in [0.1, 0.15) is 25.5 Å². The van der Waals surface area contributed by atoms with Crippen LogP contribution in [0.3, 0.4) is 0 Å². The molecule has 0 aromatic carbocycles. The van der Waals surface area contributed by atoms with Gasteiger partial charge in [0.05, 0.1) is 6.61 Å². The lowest BCUT2D eigenvalue weighted by Gasteiger charge is -2.29. The van der Waals surface area contributed by atoms with Crippen LogP contribution in [0.15, 0.2) is 21.9 Å². The number of aromatic amines is 1. The Hall–Kier alpha value is -1.52. The maximum Gasteiger partial charge on any atom is 0.330 e. The molecule has 0 radical (unpaired) electrons. The second-order valence-corrected chi connectivity index (χ2v) is 5.65. The normalized spacial score (nSPS) is 34.6. The molecule has 1 aromatic rings. The number of nitrogens with one attached hydrogen (secondary N) is 1. The maximum absolute atomic E-state index is 12.0. The highest BCUT2D eigenvalue weighted by atomic mass is 16.7. The van der Waals surface area contributed by atoms with E-state index in [1.807, 2.05) is 0 Å². The Kier molecular flexibility index (Phi) is 4.93. The van der Waals surface area contributed by atoms with E-state index in [0.29, 0.717) is 13.0 Å². The molecule has 0 amide bonds. The zero-order valence-corrected chi connectivity index (χ0v) is 12.5. The van der Waals surface area contributed by atoms with Crippen LogP contribution >= 0.6 is 0 Å². The van der Waals surface area contributed by atoms with Crippen molar-refractivity contribution in [2.24, 2.45) is 0 Å². The van der Waals surface area contributed by atoms with Gasteiger partial charge < -0.3 is 24.4 Å². The van der Waals surface area contributed by atoms with Gasteiger partial charge >= 0.3 is 5.69 Å². The van der Waals surface area contributed by atoms with Crippen molar-refractivity contribution in [3.05, 3.63) is 33.1 Å². The van der Waals surface area contributed by atoms with E-state index in [0.717, 1.165) is 17.4 Å². The standard InChI is InChI=1S/C14H20N2O7/c17-7-8-11(19)12(23-10-3-1-2-6-21-10)13(22-8)16-5-4-9(18)15-14(16)20/h4-5,8,10-13,17,19H,1-3,6-7H2,(H,15,18,20)/t8-,10?,11-,12-,13-/m1/s1. The number of rotatable bonds is 4.